The van der Waals surface area contributed by atoms with E-state index in [1.807, 2.05) is 42.5 Å². The van der Waals surface area contributed by atoms with E-state index in [0.717, 1.165) is 24.1 Å². The van der Waals surface area contributed by atoms with Gasteiger partial charge in [0.25, 0.3) is 0 Å². The van der Waals surface area contributed by atoms with Gasteiger partial charge in [0.2, 0.25) is 5.96 Å². The predicted molar refractivity (Wildman–Crippen MR) is 113 cm³/mol. The first kappa shape index (κ1) is 18.5. The van der Waals surface area contributed by atoms with E-state index in [4.69, 9.17) is 17.0 Å². The van der Waals surface area contributed by atoms with Crippen molar-refractivity contribution < 1.29 is 0 Å². The van der Waals surface area contributed by atoms with Gasteiger partial charge < -0.3 is 5.32 Å². The molecule has 0 saturated heterocycles. The minimum atomic E-state index is 0.170. The molecule has 0 fully saturated rings. The highest BCUT2D eigenvalue weighted by atomic mass is 127. The first-order valence-electron chi connectivity index (χ1n) is 6.86. The summed E-state index contributed by atoms with van der Waals surface area (Å²) in [7, 11) is 0. The van der Waals surface area contributed by atoms with Crippen LogP contribution in [0.5, 0.6) is 0 Å². The predicted octanol–water partition coefficient (Wildman–Crippen LogP) is 4.24. The van der Waals surface area contributed by atoms with E-state index in [1.54, 1.807) is 6.21 Å². The molecule has 0 radical (unpaired) electrons. The molecule has 0 saturated carbocycles. The quantitative estimate of drug-likeness (QED) is 0.225. The van der Waals surface area contributed by atoms with E-state index in [-0.39, 0.29) is 5.96 Å². The van der Waals surface area contributed by atoms with Crippen LogP contribution in [0.3, 0.4) is 0 Å². The maximum absolute atomic E-state index is 7.79. The first-order chi connectivity index (χ1) is 11.1. The van der Waals surface area contributed by atoms with Crippen LogP contribution >= 0.6 is 56.8 Å². The van der Waals surface area contributed by atoms with E-state index in [9.17, 15) is 0 Å². The topological polar surface area (TPSA) is 60.3 Å². The molecule has 0 aromatic heterocycles. The number of nitrogens with one attached hydrogen (secondary N) is 3. The Morgan fingerprint density at radius 2 is 2.00 bits per heavy atom. The first-order valence-corrected chi connectivity index (χ1v) is 9.40. The maximum Gasteiger partial charge on any atom is 0.209 e. The summed E-state index contributed by atoms with van der Waals surface area (Å²) in [6.45, 7) is 0.640. The third-order valence-electron chi connectivity index (χ3n) is 2.97. The van der Waals surface area contributed by atoms with Gasteiger partial charge in [-0.1, -0.05) is 35.9 Å². The Labute approximate surface area is 167 Å². The van der Waals surface area contributed by atoms with Crippen LogP contribution in [0.2, 0.25) is 5.02 Å². The van der Waals surface area contributed by atoms with Crippen LogP contribution in [-0.4, -0.2) is 18.7 Å². The number of rotatable bonds is 5. The fourth-order valence-corrected chi connectivity index (χ4v) is 3.25. The van der Waals surface area contributed by atoms with Crippen molar-refractivity contribution in [1.29, 1.82) is 5.41 Å². The molecule has 23 heavy (non-hydrogen) atoms. The number of hydrazone groups is 1. The minimum absolute atomic E-state index is 0.170. The van der Waals surface area contributed by atoms with E-state index >= 15 is 0 Å². The summed E-state index contributed by atoms with van der Waals surface area (Å²) in [6, 6.07) is 13.8. The highest BCUT2D eigenvalue weighted by Crippen LogP contribution is 2.21. The van der Waals surface area contributed by atoms with Crippen LogP contribution in [0, 0.1) is 12.5 Å². The Kier molecular flexibility index (Phi) is 7.57. The molecule has 2 aromatic rings. The van der Waals surface area contributed by atoms with E-state index < -0.39 is 0 Å². The lowest BCUT2D eigenvalue weighted by atomic mass is 10.1. The summed E-state index contributed by atoms with van der Waals surface area (Å²) >= 11 is 10.6. The number of guanidine groups is 1. The van der Waals surface area contributed by atoms with Gasteiger partial charge >= 0.3 is 0 Å². The molecule has 2 aromatic carbocycles. The second-order valence-corrected chi connectivity index (χ2v) is 7.42. The smallest absolute Gasteiger partial charge is 0.209 e. The standard InChI is InChI=1S/C16H15ClI2N4/c17-14-6-2-4-12(15(14)19)7-8-21-16(20)23-22-10-11-3-1-5-13(18)9-11/h1-6,9-10H,7-8H2,(H3,20,21,23)/b22-10+. The Bertz CT molecular complexity index is 719. The van der Waals surface area contributed by atoms with Crippen molar-refractivity contribution in [3.8, 4) is 0 Å². The van der Waals surface area contributed by atoms with Crippen molar-refractivity contribution in [3.63, 3.8) is 0 Å². The molecule has 4 nitrogen and oxygen atoms in total. The van der Waals surface area contributed by atoms with Crippen molar-refractivity contribution in [2.24, 2.45) is 5.10 Å². The summed E-state index contributed by atoms with van der Waals surface area (Å²) in [5.74, 6) is 0.170. The average molecular weight is 553 g/mol. The molecular weight excluding hydrogens is 537 g/mol. The Morgan fingerprint density at radius 3 is 2.78 bits per heavy atom. The van der Waals surface area contributed by atoms with Crippen molar-refractivity contribution >= 4 is 69.0 Å². The lowest BCUT2D eigenvalue weighted by Gasteiger charge is -2.09. The molecule has 0 aliphatic carbocycles. The molecule has 0 aliphatic heterocycles. The Hall–Kier alpha value is -0.870. The van der Waals surface area contributed by atoms with Gasteiger partial charge in [-0.25, -0.2) is 5.43 Å². The zero-order chi connectivity index (χ0) is 16.7. The number of hydrogen-bond acceptors (Lipinski definition) is 2. The van der Waals surface area contributed by atoms with Crippen LogP contribution < -0.4 is 10.7 Å². The maximum atomic E-state index is 7.79. The molecule has 0 aliphatic rings. The monoisotopic (exact) mass is 552 g/mol. The zero-order valence-electron chi connectivity index (χ0n) is 12.1. The molecule has 0 amide bonds. The number of benzene rings is 2. The van der Waals surface area contributed by atoms with Gasteiger partial charge in [-0.05, 0) is 80.9 Å². The number of nitrogens with zero attached hydrogens (tertiary/aromatic N) is 1. The van der Waals surface area contributed by atoms with E-state index in [1.165, 1.54) is 5.56 Å². The van der Waals surface area contributed by atoms with Gasteiger partial charge in [-0.3, -0.25) is 5.41 Å². The molecule has 3 N–H and O–H groups in total. The molecule has 0 spiro atoms. The van der Waals surface area contributed by atoms with Gasteiger partial charge in [-0.15, -0.1) is 0 Å². The van der Waals surface area contributed by atoms with Gasteiger partial charge in [0.1, 0.15) is 0 Å². The number of halogens is 3. The molecule has 2 rings (SSSR count). The molecule has 0 heterocycles. The highest BCUT2D eigenvalue weighted by Gasteiger charge is 2.03. The largest absolute Gasteiger partial charge is 0.355 e. The lowest BCUT2D eigenvalue weighted by molar-refractivity contribution is 0.812. The fourth-order valence-electron chi connectivity index (χ4n) is 1.86. The third kappa shape index (κ3) is 6.27. The second kappa shape index (κ2) is 9.43. The summed E-state index contributed by atoms with van der Waals surface area (Å²) in [5, 5.41) is 15.6. The van der Waals surface area contributed by atoms with E-state index in [0.29, 0.717) is 6.54 Å². The molecule has 7 heteroatoms. The third-order valence-corrected chi connectivity index (χ3v) is 5.55. The summed E-state index contributed by atoms with van der Waals surface area (Å²) < 4.78 is 2.21. The second-order valence-electron chi connectivity index (χ2n) is 4.69. The fraction of sp³-hybridized carbons (Fsp3) is 0.125. The van der Waals surface area contributed by atoms with Crippen LogP contribution in [-0.2, 0) is 6.42 Å². The summed E-state index contributed by atoms with van der Waals surface area (Å²) in [6.07, 6.45) is 2.49. The van der Waals surface area contributed by atoms with Gasteiger partial charge in [-0.2, -0.15) is 5.10 Å². The lowest BCUT2D eigenvalue weighted by Crippen LogP contribution is -2.34. The van der Waals surface area contributed by atoms with Crippen molar-refractivity contribution in [2.45, 2.75) is 6.42 Å². The molecule has 120 valence electrons. The number of hydrogen-bond donors (Lipinski definition) is 3. The van der Waals surface area contributed by atoms with Crippen LogP contribution in [0.15, 0.2) is 47.6 Å². The summed E-state index contributed by atoms with van der Waals surface area (Å²) in [4.78, 5) is 0. The van der Waals surface area contributed by atoms with Crippen molar-refractivity contribution in [1.82, 2.24) is 10.7 Å². The highest BCUT2D eigenvalue weighted by molar-refractivity contribution is 14.1. The van der Waals surface area contributed by atoms with Crippen LogP contribution in [0.4, 0.5) is 0 Å². The van der Waals surface area contributed by atoms with Crippen LogP contribution in [0.25, 0.3) is 0 Å². The van der Waals surface area contributed by atoms with Gasteiger partial charge in [0.15, 0.2) is 0 Å². The van der Waals surface area contributed by atoms with Gasteiger partial charge in [0, 0.05) is 13.7 Å². The summed E-state index contributed by atoms with van der Waals surface area (Å²) in [5.41, 5.74) is 4.83. The Morgan fingerprint density at radius 1 is 1.22 bits per heavy atom. The SMILES string of the molecule is N=C(NCCc1cccc(Cl)c1I)N/N=C/c1cccc(I)c1. The van der Waals surface area contributed by atoms with Gasteiger partial charge in [0.05, 0.1) is 11.2 Å². The van der Waals surface area contributed by atoms with Crippen LogP contribution in [0.1, 0.15) is 11.1 Å². The molecule has 0 atom stereocenters. The van der Waals surface area contributed by atoms with Crippen molar-refractivity contribution in [3.05, 3.63) is 65.8 Å². The van der Waals surface area contributed by atoms with Crippen molar-refractivity contribution in [2.75, 3.05) is 6.54 Å². The Balaban J connectivity index is 1.76. The van der Waals surface area contributed by atoms with E-state index in [2.05, 4.69) is 61.0 Å². The molecular formula is C16H15ClI2N4. The molecule has 0 bridgehead atoms. The normalized spacial score (nSPS) is 10.7. The zero-order valence-corrected chi connectivity index (χ0v) is 17.2. The minimum Gasteiger partial charge on any atom is -0.355 e. The average Bonchev–Trinajstić information content (AvgIpc) is 2.51. The molecule has 0 unspecified atom stereocenters.